The summed E-state index contributed by atoms with van der Waals surface area (Å²) in [6.07, 6.45) is 5.48. The molecule has 1 heterocycles. The van der Waals surface area contributed by atoms with E-state index in [9.17, 15) is 19.2 Å². The molecule has 51 heavy (non-hydrogen) atoms. The number of fused-ring (bicyclic) bond motifs is 3. The molecule has 4 amide bonds. The van der Waals surface area contributed by atoms with Gasteiger partial charge in [0.25, 0.3) is 0 Å². The quantitative estimate of drug-likeness (QED) is 0.258. The number of benzene rings is 3. The summed E-state index contributed by atoms with van der Waals surface area (Å²) >= 11 is 12.8. The molecule has 0 saturated carbocycles. The first kappa shape index (κ1) is 37.9. The van der Waals surface area contributed by atoms with Crippen molar-refractivity contribution in [2.45, 2.75) is 76.6 Å². The van der Waals surface area contributed by atoms with Gasteiger partial charge in [-0.15, -0.1) is 0 Å². The minimum absolute atomic E-state index is 0.0245. The Balaban J connectivity index is 1.41. The third-order valence-electron chi connectivity index (χ3n) is 9.54. The van der Waals surface area contributed by atoms with Crippen LogP contribution in [0.5, 0.6) is 0 Å². The lowest BCUT2D eigenvalue weighted by Gasteiger charge is -2.33. The van der Waals surface area contributed by atoms with Crippen LogP contribution in [0, 0.1) is 5.92 Å². The van der Waals surface area contributed by atoms with Crippen LogP contribution in [0.3, 0.4) is 0 Å². The van der Waals surface area contributed by atoms with Crippen molar-refractivity contribution in [1.29, 1.82) is 0 Å². The van der Waals surface area contributed by atoms with E-state index in [1.807, 2.05) is 74.5 Å². The lowest BCUT2D eigenvalue weighted by Crippen LogP contribution is -2.58. The monoisotopic (exact) mass is 732 g/mol. The van der Waals surface area contributed by atoms with Crippen molar-refractivity contribution >= 4 is 47.0 Å². The summed E-state index contributed by atoms with van der Waals surface area (Å²) in [4.78, 5) is 58.6. The highest BCUT2D eigenvalue weighted by Gasteiger charge is 2.37. The van der Waals surface area contributed by atoms with Gasteiger partial charge in [-0.1, -0.05) is 97.7 Å². The van der Waals surface area contributed by atoms with Crippen molar-refractivity contribution in [1.82, 2.24) is 20.4 Å². The van der Waals surface area contributed by atoms with Gasteiger partial charge in [0.05, 0.1) is 0 Å². The van der Waals surface area contributed by atoms with Gasteiger partial charge in [0.1, 0.15) is 18.1 Å². The number of amides is 4. The maximum absolute atomic E-state index is 14.2. The number of allylic oxidation sites excluding steroid dienone is 1. The van der Waals surface area contributed by atoms with Gasteiger partial charge in [-0.25, -0.2) is 4.79 Å². The molecule has 0 bridgehead atoms. The Morgan fingerprint density at radius 2 is 1.61 bits per heavy atom. The van der Waals surface area contributed by atoms with Gasteiger partial charge in [0, 0.05) is 48.2 Å². The summed E-state index contributed by atoms with van der Waals surface area (Å²) in [5, 5.41) is 6.83. The predicted molar refractivity (Wildman–Crippen MR) is 200 cm³/mol. The van der Waals surface area contributed by atoms with Gasteiger partial charge in [-0.2, -0.15) is 0 Å². The van der Waals surface area contributed by atoms with Crippen molar-refractivity contribution in [3.8, 4) is 11.1 Å². The van der Waals surface area contributed by atoms with Crippen LogP contribution >= 0.6 is 23.2 Å². The van der Waals surface area contributed by atoms with Crippen LogP contribution in [0.4, 0.5) is 4.79 Å². The number of carbonyl (C=O) groups excluding carboxylic acids is 4. The average molecular weight is 734 g/mol. The Bertz CT molecular complexity index is 1730. The van der Waals surface area contributed by atoms with Crippen LogP contribution < -0.4 is 10.6 Å². The van der Waals surface area contributed by atoms with E-state index in [4.69, 9.17) is 27.9 Å². The molecule has 0 saturated heterocycles. The van der Waals surface area contributed by atoms with Gasteiger partial charge in [0.2, 0.25) is 17.7 Å². The molecule has 2 N–H and O–H groups in total. The summed E-state index contributed by atoms with van der Waals surface area (Å²) in [6, 6.07) is 17.8. The number of carbonyl (C=O) groups is 4. The zero-order valence-corrected chi connectivity index (χ0v) is 31.0. The maximum atomic E-state index is 14.2. The highest BCUT2D eigenvalue weighted by atomic mass is 35.5. The van der Waals surface area contributed by atoms with Crippen molar-refractivity contribution in [2.75, 3.05) is 20.6 Å². The Labute approximate surface area is 310 Å². The molecule has 0 spiro atoms. The van der Waals surface area contributed by atoms with E-state index in [2.05, 4.69) is 10.6 Å². The van der Waals surface area contributed by atoms with Crippen molar-refractivity contribution in [3.05, 3.63) is 106 Å². The van der Waals surface area contributed by atoms with Crippen LogP contribution in [-0.2, 0) is 25.5 Å². The van der Waals surface area contributed by atoms with Gasteiger partial charge in [-0.05, 0) is 72.9 Å². The second-order valence-corrected chi connectivity index (χ2v) is 14.5. The fourth-order valence-electron chi connectivity index (χ4n) is 6.72. The predicted octanol–water partition coefficient (Wildman–Crippen LogP) is 7.35. The number of hydrogen-bond acceptors (Lipinski definition) is 5. The van der Waals surface area contributed by atoms with Crippen LogP contribution in [0.15, 0.2) is 78.9 Å². The highest BCUT2D eigenvalue weighted by molar-refractivity contribution is 6.33. The molecular weight excluding hydrogens is 687 g/mol. The molecule has 1 aliphatic carbocycles. The Morgan fingerprint density at radius 1 is 0.941 bits per heavy atom. The molecule has 3 aromatic rings. The normalized spacial score (nSPS) is 20.4. The van der Waals surface area contributed by atoms with Crippen molar-refractivity contribution < 1.29 is 23.9 Å². The van der Waals surface area contributed by atoms with E-state index >= 15 is 0 Å². The molecule has 1 aliphatic heterocycles. The van der Waals surface area contributed by atoms with Gasteiger partial charge >= 0.3 is 6.09 Å². The molecule has 5 rings (SSSR count). The second-order valence-electron chi connectivity index (χ2n) is 13.7. The molecule has 3 atom stereocenters. The number of hydrogen-bond donors (Lipinski definition) is 2. The zero-order chi connectivity index (χ0) is 36.7. The maximum Gasteiger partial charge on any atom is 0.411 e. The third-order valence-corrected chi connectivity index (χ3v) is 10.1. The topological polar surface area (TPSA) is 108 Å². The number of halogens is 2. The molecule has 0 unspecified atom stereocenters. The summed E-state index contributed by atoms with van der Waals surface area (Å²) in [5.41, 5.74) is 4.39. The average Bonchev–Trinajstić information content (AvgIpc) is 3.42. The number of nitrogens with zero attached hydrogens (tertiary/aromatic N) is 2. The first-order valence-electron chi connectivity index (χ1n) is 17.5. The van der Waals surface area contributed by atoms with Crippen LogP contribution in [0.2, 0.25) is 10.0 Å². The molecule has 3 aromatic carbocycles. The smallest absolute Gasteiger partial charge is 0.411 e. The van der Waals surface area contributed by atoms with E-state index in [-0.39, 0.29) is 24.7 Å². The Hall–Kier alpha value is -4.34. The number of rotatable bonds is 6. The number of likely N-dealkylation sites (N-methyl/N-ethyl adjacent to an activating group) is 2. The summed E-state index contributed by atoms with van der Waals surface area (Å²) < 4.78 is 6.14. The molecule has 0 fully saturated rings. The fourth-order valence-corrected chi connectivity index (χ4v) is 7.11. The third kappa shape index (κ3) is 9.13. The minimum Gasteiger partial charge on any atom is -0.436 e. The van der Waals surface area contributed by atoms with E-state index in [0.29, 0.717) is 28.6 Å². The number of ether oxygens (including phenoxy) is 1. The van der Waals surface area contributed by atoms with Gasteiger partial charge in [-0.3, -0.25) is 19.3 Å². The largest absolute Gasteiger partial charge is 0.436 e. The van der Waals surface area contributed by atoms with Crippen LogP contribution in [-0.4, -0.2) is 72.4 Å². The highest BCUT2D eigenvalue weighted by Crippen LogP contribution is 2.45. The van der Waals surface area contributed by atoms with Gasteiger partial charge in [0.15, 0.2) is 6.10 Å². The lowest BCUT2D eigenvalue weighted by atomic mass is 9.99. The first-order valence-corrected chi connectivity index (χ1v) is 18.3. The second kappa shape index (κ2) is 17.2. The standard InChI is InChI=1S/C40H46Cl2N4O5/c1-25(2)22-33-39(49)45(3)35(24-26-23-27(41)19-20-32(26)42)37(47)43-21-13-7-5-6-8-18-34(38(48)44-33)46(4)40(50)51-36-30-16-11-9-14-28(30)29-15-10-12-17-31(29)36/h6,8-12,14-17,19-20,23,25,33-36H,5,7,13,18,21-22,24H2,1-4H3,(H,43,47)(H,44,48)/t33-,34-,35-/m0/s1. The SMILES string of the molecule is CC(C)C[C@@H]1NC(=O)[C@@H](N(C)C(=O)OC2c3ccccc3-c3ccccc32)CC=CCCCCNC(=O)[C@H](Cc2cc(Cl)ccc2Cl)N(C)C1=O. The molecule has 2 aliphatic rings. The van der Waals surface area contributed by atoms with Crippen molar-refractivity contribution in [2.24, 2.45) is 5.92 Å². The summed E-state index contributed by atoms with van der Waals surface area (Å²) in [6.45, 7) is 4.34. The van der Waals surface area contributed by atoms with E-state index in [1.54, 1.807) is 32.3 Å². The van der Waals surface area contributed by atoms with Gasteiger partial charge < -0.3 is 20.3 Å². The minimum atomic E-state index is -0.968. The molecule has 0 radical (unpaired) electrons. The Morgan fingerprint density at radius 3 is 2.27 bits per heavy atom. The Kier molecular flexibility index (Phi) is 12.8. The first-order chi connectivity index (χ1) is 24.5. The molecule has 9 nitrogen and oxygen atoms in total. The molecule has 0 aromatic heterocycles. The lowest BCUT2D eigenvalue weighted by molar-refractivity contribution is -0.142. The van der Waals surface area contributed by atoms with E-state index in [1.165, 1.54) is 9.80 Å². The van der Waals surface area contributed by atoms with Crippen LogP contribution in [0.1, 0.15) is 68.7 Å². The molecule has 11 heteroatoms. The van der Waals surface area contributed by atoms with Crippen LogP contribution in [0.25, 0.3) is 11.1 Å². The zero-order valence-electron chi connectivity index (χ0n) is 29.5. The fraction of sp³-hybridized carbons (Fsp3) is 0.400. The number of nitrogens with one attached hydrogen (secondary N) is 2. The van der Waals surface area contributed by atoms with Crippen molar-refractivity contribution in [3.63, 3.8) is 0 Å². The summed E-state index contributed by atoms with van der Waals surface area (Å²) in [7, 11) is 3.11. The summed E-state index contributed by atoms with van der Waals surface area (Å²) in [5.74, 6) is -1.23. The molecular formula is C40H46Cl2N4O5. The molecule has 270 valence electrons. The van der Waals surface area contributed by atoms with E-state index < -0.39 is 42.1 Å². The van der Waals surface area contributed by atoms with E-state index in [0.717, 1.165) is 41.5 Å².